The third-order valence-corrected chi connectivity index (χ3v) is 3.84. The summed E-state index contributed by atoms with van der Waals surface area (Å²) in [5.41, 5.74) is 1.47. The van der Waals surface area contributed by atoms with Gasteiger partial charge in [-0.3, -0.25) is 4.79 Å². The molecule has 2 heterocycles. The Hall–Kier alpha value is -1.74. The molecule has 0 amide bonds. The van der Waals surface area contributed by atoms with Gasteiger partial charge in [-0.05, 0) is 37.8 Å². The molecule has 1 aliphatic rings. The van der Waals surface area contributed by atoms with Crippen LogP contribution in [0.1, 0.15) is 42.6 Å². The minimum Gasteiger partial charge on any atom is -0.378 e. The van der Waals surface area contributed by atoms with E-state index >= 15 is 0 Å². The number of hydrogen-bond acceptors (Lipinski definition) is 3. The monoisotopic (exact) mass is 269 g/mol. The summed E-state index contributed by atoms with van der Waals surface area (Å²) < 4.78 is 5.57. The molecule has 0 spiro atoms. The van der Waals surface area contributed by atoms with Crippen molar-refractivity contribution in [3.05, 3.63) is 42.1 Å². The van der Waals surface area contributed by atoms with Crippen molar-refractivity contribution in [3.8, 4) is 0 Å². The summed E-state index contributed by atoms with van der Waals surface area (Å²) in [5.74, 6) is 0.133. The van der Waals surface area contributed by atoms with Gasteiger partial charge in [-0.25, -0.2) is 4.98 Å². The van der Waals surface area contributed by atoms with Crippen molar-refractivity contribution in [2.24, 2.45) is 0 Å². The number of carbonyl (C=O) groups excluding carboxylic acids is 1. The molecule has 0 saturated carbocycles. The molecule has 1 aliphatic heterocycles. The topological polar surface area (TPSA) is 39.2 Å². The van der Waals surface area contributed by atoms with Gasteiger partial charge in [0, 0.05) is 18.4 Å². The molecule has 1 unspecified atom stereocenters. The van der Waals surface area contributed by atoms with Gasteiger partial charge in [0.15, 0.2) is 5.78 Å². The number of fused-ring (bicyclic) bond motifs is 1. The molecule has 1 saturated heterocycles. The molecule has 0 radical (unpaired) electrons. The molecule has 1 aromatic carbocycles. The maximum atomic E-state index is 12.2. The Morgan fingerprint density at radius 2 is 2.15 bits per heavy atom. The number of pyridine rings is 1. The Bertz CT molecular complexity index is 603. The molecule has 2 aromatic rings. The lowest BCUT2D eigenvalue weighted by Crippen LogP contribution is -2.07. The molecule has 104 valence electrons. The predicted octanol–water partition coefficient (Wildman–Crippen LogP) is 3.77. The normalized spacial score (nSPS) is 18.5. The van der Waals surface area contributed by atoms with Gasteiger partial charge in [0.05, 0.1) is 11.6 Å². The highest BCUT2D eigenvalue weighted by Gasteiger charge is 2.16. The third-order valence-electron chi connectivity index (χ3n) is 3.84. The molecule has 20 heavy (non-hydrogen) atoms. The van der Waals surface area contributed by atoms with Crippen molar-refractivity contribution in [2.75, 3.05) is 6.61 Å². The lowest BCUT2D eigenvalue weighted by molar-refractivity contribution is 0.0919. The average Bonchev–Trinajstić information content (AvgIpc) is 3.00. The van der Waals surface area contributed by atoms with Crippen LogP contribution in [0.4, 0.5) is 0 Å². The van der Waals surface area contributed by atoms with Crippen molar-refractivity contribution in [2.45, 2.75) is 38.2 Å². The number of rotatable bonds is 5. The Balaban J connectivity index is 1.60. The average molecular weight is 269 g/mol. The largest absolute Gasteiger partial charge is 0.378 e. The van der Waals surface area contributed by atoms with E-state index in [0.29, 0.717) is 18.2 Å². The van der Waals surface area contributed by atoms with Crippen molar-refractivity contribution in [3.63, 3.8) is 0 Å². The quantitative estimate of drug-likeness (QED) is 0.776. The number of carbonyl (C=O) groups is 1. The van der Waals surface area contributed by atoms with Crippen molar-refractivity contribution in [1.82, 2.24) is 4.98 Å². The maximum absolute atomic E-state index is 12.2. The van der Waals surface area contributed by atoms with Gasteiger partial charge < -0.3 is 4.74 Å². The standard InChI is InChI=1S/C17H19NO2/c19-17(9-3-6-14-7-4-12-20-14)16-11-10-13-5-1-2-8-15(13)18-16/h1-2,5,8,10-11,14H,3-4,6-7,9,12H2. The van der Waals surface area contributed by atoms with Gasteiger partial charge in [-0.15, -0.1) is 0 Å². The van der Waals surface area contributed by atoms with E-state index in [1.807, 2.05) is 36.4 Å². The maximum Gasteiger partial charge on any atom is 0.181 e. The van der Waals surface area contributed by atoms with Crippen molar-refractivity contribution < 1.29 is 9.53 Å². The fourth-order valence-electron chi connectivity index (χ4n) is 2.71. The lowest BCUT2D eigenvalue weighted by atomic mass is 10.1. The van der Waals surface area contributed by atoms with Crippen LogP contribution in [-0.2, 0) is 4.74 Å². The summed E-state index contributed by atoms with van der Waals surface area (Å²) in [6.07, 6.45) is 5.10. The van der Waals surface area contributed by atoms with Gasteiger partial charge in [0.25, 0.3) is 0 Å². The second-order valence-electron chi connectivity index (χ2n) is 5.34. The summed E-state index contributed by atoms with van der Waals surface area (Å²) >= 11 is 0. The lowest BCUT2D eigenvalue weighted by Gasteiger charge is -2.08. The number of hydrogen-bond donors (Lipinski definition) is 0. The second-order valence-corrected chi connectivity index (χ2v) is 5.34. The van der Waals surface area contributed by atoms with E-state index in [4.69, 9.17) is 4.74 Å². The molecule has 0 N–H and O–H groups in total. The zero-order valence-corrected chi connectivity index (χ0v) is 11.5. The summed E-state index contributed by atoms with van der Waals surface area (Å²) in [7, 11) is 0. The van der Waals surface area contributed by atoms with Gasteiger partial charge in [0.2, 0.25) is 0 Å². The number of Topliss-reactive ketones (excluding diaryl/α,β-unsaturated/α-hetero) is 1. The molecule has 1 aromatic heterocycles. The first-order valence-corrected chi connectivity index (χ1v) is 7.33. The zero-order valence-electron chi connectivity index (χ0n) is 11.5. The Morgan fingerprint density at radius 1 is 1.25 bits per heavy atom. The predicted molar refractivity (Wildman–Crippen MR) is 78.9 cm³/mol. The first-order chi connectivity index (χ1) is 9.83. The molecule has 3 rings (SSSR count). The number of aromatic nitrogens is 1. The Labute approximate surface area is 119 Å². The third kappa shape index (κ3) is 3.05. The van der Waals surface area contributed by atoms with Crippen molar-refractivity contribution >= 4 is 16.7 Å². The highest BCUT2D eigenvalue weighted by atomic mass is 16.5. The molecule has 3 heteroatoms. The molecule has 0 aliphatic carbocycles. The molecule has 3 nitrogen and oxygen atoms in total. The van der Waals surface area contributed by atoms with Crippen LogP contribution in [0.15, 0.2) is 36.4 Å². The van der Waals surface area contributed by atoms with E-state index in [1.165, 1.54) is 0 Å². The van der Waals surface area contributed by atoms with E-state index in [2.05, 4.69) is 4.98 Å². The van der Waals surface area contributed by atoms with E-state index in [9.17, 15) is 4.79 Å². The van der Waals surface area contributed by atoms with E-state index in [-0.39, 0.29) is 5.78 Å². The van der Waals surface area contributed by atoms with Crippen LogP contribution in [0.2, 0.25) is 0 Å². The molecular weight excluding hydrogens is 250 g/mol. The zero-order chi connectivity index (χ0) is 13.8. The fourth-order valence-corrected chi connectivity index (χ4v) is 2.71. The number of nitrogens with zero attached hydrogens (tertiary/aromatic N) is 1. The van der Waals surface area contributed by atoms with Crippen LogP contribution in [0.5, 0.6) is 0 Å². The van der Waals surface area contributed by atoms with Crippen molar-refractivity contribution in [1.29, 1.82) is 0 Å². The molecule has 0 bridgehead atoms. The number of benzene rings is 1. The molecule has 1 atom stereocenters. The van der Waals surface area contributed by atoms with Crippen LogP contribution < -0.4 is 0 Å². The van der Waals surface area contributed by atoms with Crippen LogP contribution in [0.3, 0.4) is 0 Å². The van der Waals surface area contributed by atoms with Crippen LogP contribution >= 0.6 is 0 Å². The highest BCUT2D eigenvalue weighted by molar-refractivity contribution is 5.96. The van der Waals surface area contributed by atoms with E-state index in [0.717, 1.165) is 43.2 Å². The number of ketones is 1. The van der Waals surface area contributed by atoms with Crippen LogP contribution in [0, 0.1) is 0 Å². The van der Waals surface area contributed by atoms with Gasteiger partial charge in [0.1, 0.15) is 5.69 Å². The molecule has 1 fully saturated rings. The van der Waals surface area contributed by atoms with Gasteiger partial charge >= 0.3 is 0 Å². The Morgan fingerprint density at radius 3 is 3.00 bits per heavy atom. The first-order valence-electron chi connectivity index (χ1n) is 7.33. The van der Waals surface area contributed by atoms with E-state index in [1.54, 1.807) is 0 Å². The van der Waals surface area contributed by atoms with Crippen LogP contribution in [0.25, 0.3) is 10.9 Å². The smallest absolute Gasteiger partial charge is 0.181 e. The minimum absolute atomic E-state index is 0.133. The minimum atomic E-state index is 0.133. The van der Waals surface area contributed by atoms with Gasteiger partial charge in [-0.2, -0.15) is 0 Å². The summed E-state index contributed by atoms with van der Waals surface area (Å²) in [6, 6.07) is 11.7. The Kier molecular flexibility index (Phi) is 4.07. The second kappa shape index (κ2) is 6.14. The first kappa shape index (κ1) is 13.3. The fraction of sp³-hybridized carbons (Fsp3) is 0.412. The summed E-state index contributed by atoms with van der Waals surface area (Å²) in [4.78, 5) is 16.6. The summed E-state index contributed by atoms with van der Waals surface area (Å²) in [5, 5.41) is 1.07. The van der Waals surface area contributed by atoms with Crippen LogP contribution in [-0.4, -0.2) is 23.5 Å². The highest BCUT2D eigenvalue weighted by Crippen LogP contribution is 2.19. The van der Waals surface area contributed by atoms with Gasteiger partial charge in [-0.1, -0.05) is 24.3 Å². The number of ether oxygens (including phenoxy) is 1. The number of para-hydroxylation sites is 1. The summed E-state index contributed by atoms with van der Waals surface area (Å²) in [6.45, 7) is 0.880. The van der Waals surface area contributed by atoms with E-state index < -0.39 is 0 Å². The SMILES string of the molecule is O=C(CCCC1CCCO1)c1ccc2ccccc2n1. The molecular formula is C17H19NO2.